The Labute approximate surface area is 94.1 Å². The van der Waals surface area contributed by atoms with Crippen molar-refractivity contribution in [2.75, 3.05) is 19.6 Å². The molecule has 1 saturated heterocycles. The maximum Gasteiger partial charge on any atom is 0.0180 e. The molecular formula is C9H22Cl2N2. The minimum atomic E-state index is 0. The molecule has 2 nitrogen and oxygen atoms in total. The summed E-state index contributed by atoms with van der Waals surface area (Å²) in [5.41, 5.74) is 6.22. The van der Waals surface area contributed by atoms with E-state index in [4.69, 9.17) is 5.73 Å². The number of hydrogen-bond acceptors (Lipinski definition) is 2. The molecule has 0 aromatic heterocycles. The summed E-state index contributed by atoms with van der Waals surface area (Å²) in [5, 5.41) is 0. The zero-order valence-corrected chi connectivity index (χ0v) is 10.4. The number of likely N-dealkylation sites (tertiary alicyclic amines) is 1. The third kappa shape index (κ3) is 6.55. The van der Waals surface area contributed by atoms with Gasteiger partial charge in [-0.2, -0.15) is 0 Å². The van der Waals surface area contributed by atoms with Crippen LogP contribution in [0.4, 0.5) is 0 Å². The van der Waals surface area contributed by atoms with Crippen molar-refractivity contribution in [1.29, 1.82) is 0 Å². The molecule has 0 aromatic carbocycles. The van der Waals surface area contributed by atoms with Crippen LogP contribution in [0.5, 0.6) is 0 Å². The molecular weight excluding hydrogens is 207 g/mol. The van der Waals surface area contributed by atoms with Crippen molar-refractivity contribution in [2.24, 2.45) is 11.1 Å². The van der Waals surface area contributed by atoms with Crippen molar-refractivity contribution >= 4 is 24.8 Å². The first-order chi connectivity index (χ1) is 4.97. The van der Waals surface area contributed by atoms with Gasteiger partial charge in [0.1, 0.15) is 0 Å². The Bertz CT molecular complexity index is 134. The molecule has 1 aliphatic rings. The molecule has 0 aliphatic carbocycles. The second kappa shape index (κ2) is 6.07. The topological polar surface area (TPSA) is 29.3 Å². The number of rotatable bonds is 1. The number of nitrogens with zero attached hydrogens (tertiary/aromatic N) is 1. The Kier molecular flexibility index (Phi) is 7.45. The fraction of sp³-hybridized carbons (Fsp3) is 1.00. The van der Waals surface area contributed by atoms with E-state index in [-0.39, 0.29) is 24.8 Å². The highest BCUT2D eigenvalue weighted by Gasteiger charge is 2.23. The number of hydrogen-bond donors (Lipinski definition) is 1. The molecule has 0 bridgehead atoms. The van der Waals surface area contributed by atoms with E-state index >= 15 is 0 Å². The maximum absolute atomic E-state index is 5.80. The smallest absolute Gasteiger partial charge is 0.0180 e. The molecule has 0 radical (unpaired) electrons. The zero-order chi connectivity index (χ0) is 8.48. The highest BCUT2D eigenvalue weighted by Crippen LogP contribution is 2.18. The summed E-state index contributed by atoms with van der Waals surface area (Å²) in [7, 11) is 0. The first kappa shape index (κ1) is 15.9. The van der Waals surface area contributed by atoms with Gasteiger partial charge in [0, 0.05) is 19.1 Å². The first-order valence-corrected chi connectivity index (χ1v) is 4.45. The van der Waals surface area contributed by atoms with Crippen molar-refractivity contribution in [3.8, 4) is 0 Å². The highest BCUT2D eigenvalue weighted by atomic mass is 35.5. The van der Waals surface area contributed by atoms with E-state index in [9.17, 15) is 0 Å². The monoisotopic (exact) mass is 228 g/mol. The van der Waals surface area contributed by atoms with Gasteiger partial charge in [0.25, 0.3) is 0 Å². The van der Waals surface area contributed by atoms with Crippen molar-refractivity contribution < 1.29 is 0 Å². The van der Waals surface area contributed by atoms with Gasteiger partial charge in [0.15, 0.2) is 0 Å². The van der Waals surface area contributed by atoms with Crippen LogP contribution in [0, 0.1) is 5.41 Å². The van der Waals surface area contributed by atoms with Gasteiger partial charge < -0.3 is 10.6 Å². The molecule has 1 heterocycles. The summed E-state index contributed by atoms with van der Waals surface area (Å²) in [6.45, 7) is 10.3. The molecule has 13 heavy (non-hydrogen) atoms. The van der Waals surface area contributed by atoms with Crippen LogP contribution in [-0.2, 0) is 0 Å². The lowest BCUT2D eigenvalue weighted by molar-refractivity contribution is 0.225. The summed E-state index contributed by atoms with van der Waals surface area (Å²) in [6, 6.07) is 0.428. The van der Waals surface area contributed by atoms with E-state index in [0.717, 1.165) is 6.54 Å². The SMILES string of the molecule is CC(C)(C)CN1CC[C@@H](N)C1.Cl.Cl. The lowest BCUT2D eigenvalue weighted by Crippen LogP contribution is -2.33. The van der Waals surface area contributed by atoms with Gasteiger partial charge in [-0.15, -0.1) is 24.8 Å². The standard InChI is InChI=1S/C9H20N2.2ClH/c1-9(2,3)7-11-5-4-8(10)6-11;;/h8H,4-7,10H2,1-3H3;2*1H/t8-;;/m1../s1. The van der Waals surface area contributed by atoms with Crippen LogP contribution in [0.25, 0.3) is 0 Å². The molecule has 0 aromatic rings. The van der Waals surface area contributed by atoms with Gasteiger partial charge in [-0.3, -0.25) is 0 Å². The third-order valence-corrected chi connectivity index (χ3v) is 2.01. The molecule has 82 valence electrons. The van der Waals surface area contributed by atoms with Crippen LogP contribution in [-0.4, -0.2) is 30.6 Å². The molecule has 2 N–H and O–H groups in total. The second-order valence-electron chi connectivity index (χ2n) is 4.84. The van der Waals surface area contributed by atoms with Gasteiger partial charge in [-0.05, 0) is 18.4 Å². The van der Waals surface area contributed by atoms with E-state index in [0.29, 0.717) is 11.5 Å². The summed E-state index contributed by atoms with van der Waals surface area (Å²) in [6.07, 6.45) is 1.18. The normalized spacial score (nSPS) is 23.5. The van der Waals surface area contributed by atoms with Crippen molar-refractivity contribution in [1.82, 2.24) is 4.90 Å². The average molecular weight is 229 g/mol. The van der Waals surface area contributed by atoms with Crippen LogP contribution < -0.4 is 5.73 Å². The number of halogens is 2. The molecule has 0 saturated carbocycles. The Morgan fingerprint density at radius 3 is 2.15 bits per heavy atom. The molecule has 1 atom stereocenters. The predicted octanol–water partition coefficient (Wildman–Crippen LogP) is 1.91. The fourth-order valence-corrected chi connectivity index (χ4v) is 1.68. The Hall–Kier alpha value is 0.500. The van der Waals surface area contributed by atoms with Crippen molar-refractivity contribution in [2.45, 2.75) is 33.2 Å². The molecule has 1 rings (SSSR count). The summed E-state index contributed by atoms with van der Waals surface area (Å²) < 4.78 is 0. The second-order valence-corrected chi connectivity index (χ2v) is 4.84. The maximum atomic E-state index is 5.80. The van der Waals surface area contributed by atoms with E-state index in [1.54, 1.807) is 0 Å². The van der Waals surface area contributed by atoms with Crippen molar-refractivity contribution in [3.63, 3.8) is 0 Å². The lowest BCUT2D eigenvalue weighted by atomic mass is 9.96. The Balaban J connectivity index is 0. The van der Waals surface area contributed by atoms with Crippen LogP contribution >= 0.6 is 24.8 Å². The van der Waals surface area contributed by atoms with E-state index < -0.39 is 0 Å². The lowest BCUT2D eigenvalue weighted by Gasteiger charge is -2.25. The van der Waals surface area contributed by atoms with Gasteiger partial charge >= 0.3 is 0 Å². The molecule has 0 unspecified atom stereocenters. The molecule has 1 fully saturated rings. The van der Waals surface area contributed by atoms with Gasteiger partial charge in [0.05, 0.1) is 0 Å². The molecule has 0 spiro atoms. The Morgan fingerprint density at radius 2 is 1.85 bits per heavy atom. The van der Waals surface area contributed by atoms with E-state index in [2.05, 4.69) is 25.7 Å². The zero-order valence-electron chi connectivity index (χ0n) is 8.75. The predicted molar refractivity (Wildman–Crippen MR) is 63.0 cm³/mol. The highest BCUT2D eigenvalue weighted by molar-refractivity contribution is 5.85. The molecule has 0 amide bonds. The summed E-state index contributed by atoms with van der Waals surface area (Å²) in [4.78, 5) is 2.46. The first-order valence-electron chi connectivity index (χ1n) is 4.45. The fourth-order valence-electron chi connectivity index (χ4n) is 1.68. The number of nitrogens with two attached hydrogens (primary N) is 1. The van der Waals surface area contributed by atoms with E-state index in [1.807, 2.05) is 0 Å². The average Bonchev–Trinajstić information content (AvgIpc) is 2.10. The van der Waals surface area contributed by atoms with Crippen molar-refractivity contribution in [3.05, 3.63) is 0 Å². The van der Waals surface area contributed by atoms with Crippen LogP contribution in [0.1, 0.15) is 27.2 Å². The van der Waals surface area contributed by atoms with Crippen LogP contribution in [0.2, 0.25) is 0 Å². The van der Waals surface area contributed by atoms with Crippen LogP contribution in [0.3, 0.4) is 0 Å². The summed E-state index contributed by atoms with van der Waals surface area (Å²) in [5.74, 6) is 0. The largest absolute Gasteiger partial charge is 0.326 e. The molecule has 1 aliphatic heterocycles. The third-order valence-electron chi connectivity index (χ3n) is 2.01. The van der Waals surface area contributed by atoms with E-state index in [1.165, 1.54) is 19.5 Å². The quantitative estimate of drug-likeness (QED) is 0.744. The minimum absolute atomic E-state index is 0. The van der Waals surface area contributed by atoms with Gasteiger partial charge in [0.2, 0.25) is 0 Å². The Morgan fingerprint density at radius 1 is 1.31 bits per heavy atom. The minimum Gasteiger partial charge on any atom is -0.326 e. The van der Waals surface area contributed by atoms with Gasteiger partial charge in [-0.25, -0.2) is 0 Å². The summed E-state index contributed by atoms with van der Waals surface area (Å²) >= 11 is 0. The van der Waals surface area contributed by atoms with Crippen LogP contribution in [0.15, 0.2) is 0 Å². The molecule has 4 heteroatoms. The van der Waals surface area contributed by atoms with Gasteiger partial charge in [-0.1, -0.05) is 20.8 Å².